The van der Waals surface area contributed by atoms with E-state index in [4.69, 9.17) is 4.74 Å². The predicted molar refractivity (Wildman–Crippen MR) is 170 cm³/mol. The average molecular weight is 631 g/mol. The standard InChI is InChI=1S/C32H50N6O7/c1-12-18-33-24(40)29(4,5)36-26(42)31(8,9)38-27(43)32(10,11)37-25(41)30(6,7)35-23(39)22(20(2)3)34-28(44)45-19-21-16-14-13-15-17-21/h12-17,20,22H,1,18-19H2,2-11H3,(H,33,40)(H,34,44)(H,35,39)(H,36,42)(H,37,41)(H,38,43)/t22-/m0/s1. The minimum atomic E-state index is -1.52. The summed E-state index contributed by atoms with van der Waals surface area (Å²) in [5.74, 6) is -3.40. The summed E-state index contributed by atoms with van der Waals surface area (Å²) < 4.78 is 5.23. The quantitative estimate of drug-likeness (QED) is 0.160. The molecule has 1 aromatic carbocycles. The van der Waals surface area contributed by atoms with Crippen molar-refractivity contribution in [1.29, 1.82) is 0 Å². The number of benzene rings is 1. The Labute approximate surface area is 266 Å². The molecule has 0 unspecified atom stereocenters. The van der Waals surface area contributed by atoms with Gasteiger partial charge in [-0.3, -0.25) is 24.0 Å². The molecule has 0 spiro atoms. The Hall–Kier alpha value is -4.42. The van der Waals surface area contributed by atoms with E-state index in [1.807, 2.05) is 18.2 Å². The maximum atomic E-state index is 13.3. The molecule has 1 aromatic rings. The molecule has 45 heavy (non-hydrogen) atoms. The number of hydrogen-bond donors (Lipinski definition) is 6. The van der Waals surface area contributed by atoms with Crippen molar-refractivity contribution in [2.24, 2.45) is 5.92 Å². The van der Waals surface area contributed by atoms with Crippen LogP contribution in [0.15, 0.2) is 43.0 Å². The topological polar surface area (TPSA) is 184 Å². The van der Waals surface area contributed by atoms with Crippen LogP contribution in [-0.2, 0) is 35.3 Å². The van der Waals surface area contributed by atoms with Crippen LogP contribution in [-0.4, -0.2) is 70.4 Å². The van der Waals surface area contributed by atoms with Crippen molar-refractivity contribution >= 4 is 35.6 Å². The molecule has 6 amide bonds. The van der Waals surface area contributed by atoms with E-state index in [1.54, 1.807) is 26.0 Å². The van der Waals surface area contributed by atoms with Crippen LogP contribution in [0, 0.1) is 5.92 Å². The molecule has 0 aromatic heterocycles. The molecule has 0 saturated heterocycles. The number of carbonyl (C=O) groups is 6. The average Bonchev–Trinajstić information content (AvgIpc) is 2.92. The third-order valence-corrected chi connectivity index (χ3v) is 6.83. The molecule has 0 aliphatic rings. The molecule has 6 N–H and O–H groups in total. The van der Waals surface area contributed by atoms with Gasteiger partial charge in [-0.1, -0.05) is 50.3 Å². The number of rotatable bonds is 15. The first-order chi connectivity index (χ1) is 20.6. The Bertz CT molecular complexity index is 1260. The largest absolute Gasteiger partial charge is 0.445 e. The van der Waals surface area contributed by atoms with Crippen molar-refractivity contribution < 1.29 is 33.5 Å². The van der Waals surface area contributed by atoms with Gasteiger partial charge in [0.1, 0.15) is 34.8 Å². The van der Waals surface area contributed by atoms with Gasteiger partial charge in [0, 0.05) is 6.54 Å². The number of alkyl carbamates (subject to hydrolysis) is 1. The van der Waals surface area contributed by atoms with Crippen molar-refractivity contribution in [3.05, 3.63) is 48.6 Å². The van der Waals surface area contributed by atoms with Gasteiger partial charge in [-0.25, -0.2) is 4.79 Å². The summed E-state index contributed by atoms with van der Waals surface area (Å²) in [4.78, 5) is 77.6. The van der Waals surface area contributed by atoms with E-state index in [9.17, 15) is 28.8 Å². The van der Waals surface area contributed by atoms with Gasteiger partial charge in [-0.2, -0.15) is 0 Å². The zero-order chi connectivity index (χ0) is 34.8. The zero-order valence-electron chi connectivity index (χ0n) is 28.1. The number of ether oxygens (including phenoxy) is 1. The third kappa shape index (κ3) is 11.9. The van der Waals surface area contributed by atoms with Gasteiger partial charge >= 0.3 is 6.09 Å². The lowest BCUT2D eigenvalue weighted by molar-refractivity contribution is -0.141. The lowest BCUT2D eigenvalue weighted by Gasteiger charge is -2.36. The van der Waals surface area contributed by atoms with Gasteiger partial charge in [-0.15, -0.1) is 6.58 Å². The van der Waals surface area contributed by atoms with Gasteiger partial charge in [0.05, 0.1) is 0 Å². The fourth-order valence-corrected chi connectivity index (χ4v) is 3.75. The fraction of sp³-hybridized carbons (Fsp3) is 0.562. The number of nitrogens with one attached hydrogen (secondary N) is 6. The highest BCUT2D eigenvalue weighted by Gasteiger charge is 2.42. The first-order valence-electron chi connectivity index (χ1n) is 14.7. The molecule has 0 heterocycles. The molecule has 250 valence electrons. The molecule has 0 fully saturated rings. The highest BCUT2D eigenvalue weighted by atomic mass is 16.5. The van der Waals surface area contributed by atoms with Crippen molar-refractivity contribution in [3.63, 3.8) is 0 Å². The number of carbonyl (C=O) groups excluding carboxylic acids is 6. The second kappa shape index (κ2) is 15.5. The summed E-state index contributed by atoms with van der Waals surface area (Å²) >= 11 is 0. The molecule has 0 aliphatic carbocycles. The van der Waals surface area contributed by atoms with E-state index in [2.05, 4.69) is 38.5 Å². The van der Waals surface area contributed by atoms with E-state index in [1.165, 1.54) is 61.5 Å². The normalized spacial score (nSPS) is 12.7. The number of hydrogen-bond acceptors (Lipinski definition) is 7. The van der Waals surface area contributed by atoms with Crippen LogP contribution in [0.25, 0.3) is 0 Å². The van der Waals surface area contributed by atoms with Crippen LogP contribution in [0.1, 0.15) is 74.8 Å². The second-order valence-corrected chi connectivity index (χ2v) is 13.3. The van der Waals surface area contributed by atoms with Crippen molar-refractivity contribution in [1.82, 2.24) is 31.9 Å². The Morgan fingerprint density at radius 1 is 0.711 bits per heavy atom. The number of amides is 6. The highest BCUT2D eigenvalue weighted by molar-refractivity contribution is 6.00. The first kappa shape index (κ1) is 38.6. The van der Waals surface area contributed by atoms with E-state index in [0.717, 1.165) is 5.56 Å². The maximum absolute atomic E-state index is 13.3. The lowest BCUT2D eigenvalue weighted by atomic mass is 9.95. The molecule has 0 saturated carbocycles. The van der Waals surface area contributed by atoms with Crippen molar-refractivity contribution in [2.75, 3.05) is 6.54 Å². The summed E-state index contributed by atoms with van der Waals surface area (Å²) in [6, 6.07) is 8.04. The molecule has 0 aliphatic heterocycles. The molecular weight excluding hydrogens is 580 g/mol. The maximum Gasteiger partial charge on any atom is 0.408 e. The SMILES string of the molecule is C=CCNC(=O)C(C)(C)NC(=O)C(C)(C)NC(=O)C(C)(C)NC(=O)C(C)(C)NC(=O)[C@@H](NC(=O)OCc1ccccc1)C(C)C. The molecule has 13 heteroatoms. The Morgan fingerprint density at radius 2 is 1.13 bits per heavy atom. The van der Waals surface area contributed by atoms with E-state index >= 15 is 0 Å². The van der Waals surface area contributed by atoms with E-state index in [-0.39, 0.29) is 19.1 Å². The minimum absolute atomic E-state index is 0.0193. The van der Waals surface area contributed by atoms with E-state index in [0.29, 0.717) is 0 Å². The van der Waals surface area contributed by atoms with Gasteiger partial charge in [0.25, 0.3) is 0 Å². The molecular formula is C32H50N6O7. The molecule has 13 nitrogen and oxygen atoms in total. The summed E-state index contributed by atoms with van der Waals surface area (Å²) in [6.07, 6.45) is 0.715. The van der Waals surface area contributed by atoms with Crippen molar-refractivity contribution in [3.8, 4) is 0 Å². The molecule has 1 atom stereocenters. The molecule has 0 radical (unpaired) electrons. The van der Waals surface area contributed by atoms with Crippen LogP contribution in [0.2, 0.25) is 0 Å². The summed E-state index contributed by atoms with van der Waals surface area (Å²) in [5.41, 5.74) is -5.00. The van der Waals surface area contributed by atoms with Crippen LogP contribution in [0.4, 0.5) is 4.79 Å². The van der Waals surface area contributed by atoms with E-state index < -0.39 is 63.8 Å². The fourth-order valence-electron chi connectivity index (χ4n) is 3.75. The Balaban J connectivity index is 2.86. The second-order valence-electron chi connectivity index (χ2n) is 13.3. The summed E-state index contributed by atoms with van der Waals surface area (Å²) in [7, 11) is 0. The van der Waals surface area contributed by atoms with Crippen LogP contribution in [0.5, 0.6) is 0 Å². The predicted octanol–water partition coefficient (Wildman–Crippen LogP) is 1.82. The van der Waals surface area contributed by atoms with Crippen molar-refractivity contribution in [2.45, 2.75) is 104 Å². The Kier molecular flexibility index (Phi) is 13.3. The molecule has 1 rings (SSSR count). The smallest absolute Gasteiger partial charge is 0.408 e. The summed E-state index contributed by atoms with van der Waals surface area (Å²) in [6.45, 7) is 19.0. The van der Waals surface area contributed by atoms with Crippen LogP contribution < -0.4 is 31.9 Å². The third-order valence-electron chi connectivity index (χ3n) is 6.83. The monoisotopic (exact) mass is 630 g/mol. The Morgan fingerprint density at radius 3 is 1.56 bits per heavy atom. The minimum Gasteiger partial charge on any atom is -0.445 e. The van der Waals surface area contributed by atoms with Crippen LogP contribution in [0.3, 0.4) is 0 Å². The highest BCUT2D eigenvalue weighted by Crippen LogP contribution is 2.14. The van der Waals surface area contributed by atoms with Gasteiger partial charge in [0.15, 0.2) is 0 Å². The first-order valence-corrected chi connectivity index (χ1v) is 14.7. The van der Waals surface area contributed by atoms with Crippen LogP contribution >= 0.6 is 0 Å². The zero-order valence-corrected chi connectivity index (χ0v) is 28.1. The van der Waals surface area contributed by atoms with Gasteiger partial charge in [0.2, 0.25) is 29.5 Å². The van der Waals surface area contributed by atoms with Gasteiger partial charge in [-0.05, 0) is 66.9 Å². The molecule has 0 bridgehead atoms. The lowest BCUT2D eigenvalue weighted by Crippen LogP contribution is -2.68. The summed E-state index contributed by atoms with van der Waals surface area (Å²) in [5, 5.41) is 15.7. The van der Waals surface area contributed by atoms with Gasteiger partial charge < -0.3 is 36.6 Å².